The molecule has 2 saturated carbocycles. The molecule has 6 nitrogen and oxygen atoms in total. The molecule has 4 bridgehead atoms. The first kappa shape index (κ1) is 15.1. The van der Waals surface area contributed by atoms with Gasteiger partial charge in [0.05, 0.1) is 11.0 Å². The Bertz CT molecular complexity index is 799. The fourth-order valence-corrected chi connectivity index (χ4v) is 5.64. The number of hydrogen-bond acceptors (Lipinski definition) is 4. The number of benzene rings is 1. The molecule has 1 aromatic rings. The van der Waals surface area contributed by atoms with Crippen LogP contribution in [0.25, 0.3) is 0 Å². The summed E-state index contributed by atoms with van der Waals surface area (Å²) in [6, 6.07) is 8.15. The van der Waals surface area contributed by atoms with Gasteiger partial charge >= 0.3 is 0 Å². The van der Waals surface area contributed by atoms with Crippen molar-refractivity contribution in [2.75, 3.05) is 6.54 Å². The van der Waals surface area contributed by atoms with Crippen LogP contribution in [0.2, 0.25) is 0 Å². The Labute approximate surface area is 140 Å². The molecule has 0 radical (unpaired) electrons. The molecule has 4 atom stereocenters. The lowest BCUT2D eigenvalue weighted by Crippen LogP contribution is -2.54. The minimum atomic E-state index is -0.747. The van der Waals surface area contributed by atoms with Crippen LogP contribution in [0.5, 0.6) is 0 Å². The van der Waals surface area contributed by atoms with Crippen LogP contribution >= 0.6 is 0 Å². The molecular formula is C18H19N3O3. The highest BCUT2D eigenvalue weighted by atomic mass is 16.6. The van der Waals surface area contributed by atoms with Gasteiger partial charge in [0.15, 0.2) is 0 Å². The van der Waals surface area contributed by atoms with Crippen LogP contribution in [0.4, 0.5) is 5.69 Å². The van der Waals surface area contributed by atoms with E-state index >= 15 is 0 Å². The van der Waals surface area contributed by atoms with Gasteiger partial charge in [-0.25, -0.2) is 0 Å². The number of nitriles is 1. The zero-order valence-electron chi connectivity index (χ0n) is 13.8. The highest BCUT2D eigenvalue weighted by Gasteiger charge is 2.78. The van der Waals surface area contributed by atoms with Crippen molar-refractivity contribution in [2.45, 2.75) is 38.6 Å². The van der Waals surface area contributed by atoms with Gasteiger partial charge in [-0.1, -0.05) is 13.8 Å². The Balaban J connectivity index is 1.72. The van der Waals surface area contributed by atoms with Gasteiger partial charge in [0.1, 0.15) is 5.54 Å². The third-order valence-corrected chi connectivity index (χ3v) is 7.31. The maximum Gasteiger partial charge on any atom is 0.269 e. The Kier molecular flexibility index (Phi) is 2.74. The number of likely N-dealkylation sites (tertiary alicyclic amines) is 1. The van der Waals surface area contributed by atoms with Crippen LogP contribution in [-0.2, 0) is 0 Å². The molecule has 3 aliphatic rings. The minimum Gasteiger partial charge on any atom is -0.319 e. The van der Waals surface area contributed by atoms with E-state index in [4.69, 9.17) is 0 Å². The van der Waals surface area contributed by atoms with Crippen molar-refractivity contribution in [1.82, 2.24) is 4.90 Å². The number of nitrogens with zero attached hydrogens (tertiary/aromatic N) is 3. The van der Waals surface area contributed by atoms with Gasteiger partial charge in [-0.2, -0.15) is 5.26 Å². The maximum atomic E-state index is 13.0. The number of carbonyl (C=O) groups is 1. The second kappa shape index (κ2) is 4.35. The average molecular weight is 325 g/mol. The Morgan fingerprint density at radius 1 is 1.38 bits per heavy atom. The molecule has 24 heavy (non-hydrogen) atoms. The van der Waals surface area contributed by atoms with Crippen LogP contribution in [0, 0.1) is 38.2 Å². The molecule has 0 aromatic heterocycles. The molecule has 3 fully saturated rings. The molecule has 0 unspecified atom stereocenters. The van der Waals surface area contributed by atoms with E-state index in [-0.39, 0.29) is 22.4 Å². The van der Waals surface area contributed by atoms with E-state index in [9.17, 15) is 20.2 Å². The second-order valence-electron chi connectivity index (χ2n) is 7.86. The summed E-state index contributed by atoms with van der Waals surface area (Å²) in [4.78, 5) is 25.1. The minimum absolute atomic E-state index is 0.0147. The summed E-state index contributed by atoms with van der Waals surface area (Å²) in [6.45, 7) is 4.97. The number of nitro groups is 1. The summed E-state index contributed by atoms with van der Waals surface area (Å²) in [5, 5.41) is 20.8. The van der Waals surface area contributed by atoms with Crippen molar-refractivity contribution in [2.24, 2.45) is 16.7 Å². The fraction of sp³-hybridized carbons (Fsp3) is 0.556. The number of piperidine rings is 1. The molecule has 1 saturated heterocycles. The molecule has 4 rings (SSSR count). The first-order valence-corrected chi connectivity index (χ1v) is 8.27. The lowest BCUT2D eigenvalue weighted by Gasteiger charge is -2.43. The van der Waals surface area contributed by atoms with Crippen molar-refractivity contribution < 1.29 is 9.72 Å². The molecule has 1 aliphatic heterocycles. The number of non-ortho nitro benzene ring substituents is 1. The molecular weight excluding hydrogens is 306 g/mol. The van der Waals surface area contributed by atoms with Crippen molar-refractivity contribution in [3.05, 3.63) is 39.9 Å². The Hall–Kier alpha value is -2.42. The molecule has 0 N–H and O–H groups in total. The first-order valence-electron chi connectivity index (χ1n) is 8.27. The summed E-state index contributed by atoms with van der Waals surface area (Å²) in [5.74, 6) is 0.310. The summed E-state index contributed by atoms with van der Waals surface area (Å²) in [7, 11) is 0. The van der Waals surface area contributed by atoms with E-state index in [1.54, 1.807) is 4.90 Å². The topological polar surface area (TPSA) is 87.2 Å². The van der Waals surface area contributed by atoms with Gasteiger partial charge in [-0.15, -0.1) is 0 Å². The van der Waals surface area contributed by atoms with Crippen LogP contribution in [0.3, 0.4) is 0 Å². The molecule has 0 spiro atoms. The number of carbonyl (C=O) groups excluding carboxylic acids is 1. The normalized spacial score (nSPS) is 39.0. The van der Waals surface area contributed by atoms with E-state index in [1.807, 2.05) is 0 Å². The number of amides is 1. The number of nitro benzene ring substituents is 1. The molecule has 6 heteroatoms. The van der Waals surface area contributed by atoms with Gasteiger partial charge < -0.3 is 4.90 Å². The van der Waals surface area contributed by atoms with Gasteiger partial charge in [0.25, 0.3) is 11.6 Å². The maximum absolute atomic E-state index is 13.0. The SMILES string of the molecule is C[C@]12CC[C@@H]3C[C@@]1(C#N)N(C(=O)c1ccc([N+](=O)[O-])cc1)C[C@@]32C. The van der Waals surface area contributed by atoms with Gasteiger partial charge in [0.2, 0.25) is 0 Å². The largest absolute Gasteiger partial charge is 0.319 e. The monoisotopic (exact) mass is 325 g/mol. The zero-order chi connectivity index (χ0) is 17.3. The standard InChI is InChI=1S/C18H19N3O3/c1-16-11-20(15(22)12-3-5-14(6-4-12)21(23)24)18(10-19)9-13(16)7-8-17(16,18)2/h3-6,13H,7-9,11H2,1-2H3/t13-,16+,17-,18+/m1/s1. The fourth-order valence-electron chi connectivity index (χ4n) is 5.64. The molecule has 1 heterocycles. The van der Waals surface area contributed by atoms with E-state index in [0.717, 1.165) is 19.3 Å². The number of rotatable bonds is 2. The lowest BCUT2D eigenvalue weighted by molar-refractivity contribution is -0.384. The van der Waals surface area contributed by atoms with Crippen molar-refractivity contribution >= 4 is 11.6 Å². The first-order chi connectivity index (χ1) is 11.3. The van der Waals surface area contributed by atoms with Crippen molar-refractivity contribution in [3.8, 4) is 6.07 Å². The third-order valence-electron chi connectivity index (χ3n) is 7.31. The highest BCUT2D eigenvalue weighted by Crippen LogP contribution is 2.75. The predicted octanol–water partition coefficient (Wildman–Crippen LogP) is 3.14. The van der Waals surface area contributed by atoms with Gasteiger partial charge in [-0.3, -0.25) is 14.9 Å². The van der Waals surface area contributed by atoms with Crippen LogP contribution in [0.1, 0.15) is 43.5 Å². The van der Waals surface area contributed by atoms with Crippen molar-refractivity contribution in [3.63, 3.8) is 0 Å². The lowest BCUT2D eigenvalue weighted by atomic mass is 9.66. The van der Waals surface area contributed by atoms with Crippen LogP contribution in [-0.4, -0.2) is 27.8 Å². The van der Waals surface area contributed by atoms with E-state index in [0.29, 0.717) is 18.0 Å². The Morgan fingerprint density at radius 2 is 2.04 bits per heavy atom. The Morgan fingerprint density at radius 3 is 2.58 bits per heavy atom. The smallest absolute Gasteiger partial charge is 0.269 e. The van der Waals surface area contributed by atoms with E-state index in [2.05, 4.69) is 19.9 Å². The van der Waals surface area contributed by atoms with Crippen molar-refractivity contribution in [1.29, 1.82) is 5.26 Å². The summed E-state index contributed by atoms with van der Waals surface area (Å²) in [5.41, 5.74) is -0.563. The summed E-state index contributed by atoms with van der Waals surface area (Å²) in [6.07, 6.45) is 2.86. The molecule has 1 aromatic carbocycles. The number of hydrogen-bond donors (Lipinski definition) is 0. The highest BCUT2D eigenvalue weighted by molar-refractivity contribution is 5.96. The average Bonchev–Trinajstić information content (AvgIpc) is 3.03. The second-order valence-corrected chi connectivity index (χ2v) is 7.86. The van der Waals surface area contributed by atoms with Crippen LogP contribution < -0.4 is 0 Å². The quantitative estimate of drug-likeness (QED) is 0.617. The van der Waals surface area contributed by atoms with Crippen LogP contribution in [0.15, 0.2) is 24.3 Å². The molecule has 2 aliphatic carbocycles. The van der Waals surface area contributed by atoms with E-state index < -0.39 is 10.5 Å². The molecule has 1 amide bonds. The predicted molar refractivity (Wildman–Crippen MR) is 86.0 cm³/mol. The summed E-state index contributed by atoms with van der Waals surface area (Å²) >= 11 is 0. The van der Waals surface area contributed by atoms with Gasteiger partial charge in [-0.05, 0) is 42.7 Å². The molecule has 124 valence electrons. The third kappa shape index (κ3) is 1.44. The zero-order valence-corrected chi connectivity index (χ0v) is 13.8. The van der Waals surface area contributed by atoms with Gasteiger partial charge in [0, 0.05) is 29.7 Å². The van der Waals surface area contributed by atoms with E-state index in [1.165, 1.54) is 24.3 Å². The summed E-state index contributed by atoms with van der Waals surface area (Å²) < 4.78 is 0.